The molecule has 14 heavy (non-hydrogen) atoms. The Kier molecular flexibility index (Phi) is 3.14. The van der Waals surface area contributed by atoms with Gasteiger partial charge in [-0.15, -0.1) is 0 Å². The van der Waals surface area contributed by atoms with Crippen molar-refractivity contribution in [3.63, 3.8) is 0 Å². The van der Waals surface area contributed by atoms with Crippen LogP contribution in [0.25, 0.3) is 0 Å². The maximum atomic E-state index is 5.06. The first-order valence-corrected chi connectivity index (χ1v) is 5.89. The molecule has 0 aromatic carbocycles. The highest BCUT2D eigenvalue weighted by atomic mass is 32.2. The Bertz CT molecular complexity index is 300. The molecule has 1 saturated heterocycles. The number of hydrogen-bond donors (Lipinski definition) is 1. The molecule has 1 aliphatic heterocycles. The second kappa shape index (κ2) is 4.55. The Morgan fingerprint density at radius 1 is 1.57 bits per heavy atom. The minimum atomic E-state index is 0.569. The molecular weight excluding hydrogens is 196 g/mol. The van der Waals surface area contributed by atoms with Gasteiger partial charge in [-0.3, -0.25) is 0 Å². The SMILES string of the molecule is COc1cccc(NC2CCSC2)n1. The predicted octanol–water partition coefficient (Wildman–Crippen LogP) is 2.01. The van der Waals surface area contributed by atoms with Crippen LogP contribution >= 0.6 is 11.8 Å². The standard InChI is InChI=1S/C10H14N2OS/c1-13-10-4-2-3-9(12-10)11-8-5-6-14-7-8/h2-4,8H,5-7H2,1H3,(H,11,12). The Morgan fingerprint density at radius 3 is 3.21 bits per heavy atom. The van der Waals surface area contributed by atoms with E-state index in [9.17, 15) is 0 Å². The molecule has 0 radical (unpaired) electrons. The third-order valence-corrected chi connectivity index (χ3v) is 3.38. The van der Waals surface area contributed by atoms with Gasteiger partial charge in [0.2, 0.25) is 5.88 Å². The van der Waals surface area contributed by atoms with Crippen LogP contribution in [-0.2, 0) is 0 Å². The molecule has 0 aliphatic carbocycles. The van der Waals surface area contributed by atoms with Gasteiger partial charge in [-0.05, 0) is 18.2 Å². The van der Waals surface area contributed by atoms with Gasteiger partial charge in [-0.25, -0.2) is 0 Å². The summed E-state index contributed by atoms with van der Waals surface area (Å²) in [7, 11) is 1.64. The van der Waals surface area contributed by atoms with Gasteiger partial charge < -0.3 is 10.1 Å². The largest absolute Gasteiger partial charge is 0.481 e. The molecule has 1 aromatic heterocycles. The lowest BCUT2D eigenvalue weighted by Gasteiger charge is -2.12. The molecule has 0 spiro atoms. The van der Waals surface area contributed by atoms with E-state index in [2.05, 4.69) is 10.3 Å². The lowest BCUT2D eigenvalue weighted by atomic mass is 10.2. The molecule has 1 aliphatic rings. The van der Waals surface area contributed by atoms with Crippen LogP contribution in [-0.4, -0.2) is 29.6 Å². The van der Waals surface area contributed by atoms with E-state index in [0.717, 1.165) is 5.82 Å². The molecule has 2 rings (SSSR count). The summed E-state index contributed by atoms with van der Waals surface area (Å²) in [5.74, 6) is 4.01. The van der Waals surface area contributed by atoms with E-state index in [-0.39, 0.29) is 0 Å². The van der Waals surface area contributed by atoms with Crippen LogP contribution in [0.5, 0.6) is 5.88 Å². The van der Waals surface area contributed by atoms with Gasteiger partial charge in [0.05, 0.1) is 7.11 Å². The quantitative estimate of drug-likeness (QED) is 0.827. The van der Waals surface area contributed by atoms with Gasteiger partial charge in [0.1, 0.15) is 5.82 Å². The molecule has 1 unspecified atom stereocenters. The minimum absolute atomic E-state index is 0.569. The Labute approximate surface area is 88.3 Å². The van der Waals surface area contributed by atoms with Crippen LogP contribution in [0.15, 0.2) is 18.2 Å². The van der Waals surface area contributed by atoms with E-state index in [1.165, 1.54) is 17.9 Å². The Morgan fingerprint density at radius 2 is 2.50 bits per heavy atom. The molecule has 0 bridgehead atoms. The van der Waals surface area contributed by atoms with Crippen LogP contribution in [0.1, 0.15) is 6.42 Å². The normalized spacial score (nSPS) is 20.8. The smallest absolute Gasteiger partial charge is 0.214 e. The van der Waals surface area contributed by atoms with Crippen LogP contribution in [0, 0.1) is 0 Å². The monoisotopic (exact) mass is 210 g/mol. The van der Waals surface area contributed by atoms with Gasteiger partial charge in [0, 0.05) is 17.9 Å². The lowest BCUT2D eigenvalue weighted by Crippen LogP contribution is -2.18. The molecule has 1 atom stereocenters. The van der Waals surface area contributed by atoms with Crippen molar-refractivity contribution in [1.29, 1.82) is 0 Å². The molecule has 0 amide bonds. The van der Waals surface area contributed by atoms with Gasteiger partial charge in [0.25, 0.3) is 0 Å². The third kappa shape index (κ3) is 2.32. The number of methoxy groups -OCH3 is 1. The molecule has 2 heterocycles. The fourth-order valence-electron chi connectivity index (χ4n) is 1.47. The summed E-state index contributed by atoms with van der Waals surface area (Å²) in [5, 5.41) is 3.40. The first-order chi connectivity index (χ1) is 6.88. The van der Waals surface area contributed by atoms with Crippen LogP contribution in [0.2, 0.25) is 0 Å². The molecule has 0 saturated carbocycles. The van der Waals surface area contributed by atoms with E-state index in [0.29, 0.717) is 11.9 Å². The van der Waals surface area contributed by atoms with E-state index < -0.39 is 0 Å². The molecule has 1 fully saturated rings. The molecule has 76 valence electrons. The van der Waals surface area contributed by atoms with Gasteiger partial charge >= 0.3 is 0 Å². The van der Waals surface area contributed by atoms with Crippen LogP contribution in [0.3, 0.4) is 0 Å². The first kappa shape index (κ1) is 9.65. The zero-order valence-electron chi connectivity index (χ0n) is 8.19. The summed E-state index contributed by atoms with van der Waals surface area (Å²) in [5.41, 5.74) is 0. The van der Waals surface area contributed by atoms with E-state index in [1.807, 2.05) is 30.0 Å². The van der Waals surface area contributed by atoms with Crippen molar-refractivity contribution in [2.45, 2.75) is 12.5 Å². The number of ether oxygens (including phenoxy) is 1. The average molecular weight is 210 g/mol. The van der Waals surface area contributed by atoms with Crippen molar-refractivity contribution in [1.82, 2.24) is 4.98 Å². The molecule has 4 heteroatoms. The summed E-state index contributed by atoms with van der Waals surface area (Å²) < 4.78 is 5.06. The molecule has 1 aromatic rings. The number of nitrogens with one attached hydrogen (secondary N) is 1. The summed E-state index contributed by atoms with van der Waals surface area (Å²) >= 11 is 1.99. The fraction of sp³-hybridized carbons (Fsp3) is 0.500. The first-order valence-electron chi connectivity index (χ1n) is 4.74. The predicted molar refractivity (Wildman–Crippen MR) is 60.1 cm³/mol. The second-order valence-corrected chi connectivity index (χ2v) is 4.42. The molecule has 1 N–H and O–H groups in total. The van der Waals surface area contributed by atoms with Crippen molar-refractivity contribution >= 4 is 17.6 Å². The minimum Gasteiger partial charge on any atom is -0.481 e. The Hall–Kier alpha value is -0.900. The summed E-state index contributed by atoms with van der Waals surface area (Å²) in [6.45, 7) is 0. The maximum absolute atomic E-state index is 5.06. The van der Waals surface area contributed by atoms with Crippen LogP contribution < -0.4 is 10.1 Å². The van der Waals surface area contributed by atoms with Gasteiger partial charge in [-0.2, -0.15) is 16.7 Å². The Balaban J connectivity index is 2.00. The average Bonchev–Trinajstić information content (AvgIpc) is 2.71. The number of nitrogens with zero attached hydrogens (tertiary/aromatic N) is 1. The topological polar surface area (TPSA) is 34.1 Å². The zero-order valence-corrected chi connectivity index (χ0v) is 9.01. The fourth-order valence-corrected chi connectivity index (χ4v) is 2.62. The number of aromatic nitrogens is 1. The van der Waals surface area contributed by atoms with E-state index >= 15 is 0 Å². The highest BCUT2D eigenvalue weighted by molar-refractivity contribution is 7.99. The molecular formula is C10H14N2OS. The van der Waals surface area contributed by atoms with Crippen molar-refractivity contribution in [3.8, 4) is 5.88 Å². The van der Waals surface area contributed by atoms with Gasteiger partial charge in [0.15, 0.2) is 0 Å². The van der Waals surface area contributed by atoms with Crippen molar-refractivity contribution in [2.75, 3.05) is 23.9 Å². The molecule has 3 nitrogen and oxygen atoms in total. The highest BCUT2D eigenvalue weighted by Gasteiger charge is 2.15. The van der Waals surface area contributed by atoms with Crippen molar-refractivity contribution in [2.24, 2.45) is 0 Å². The van der Waals surface area contributed by atoms with Crippen molar-refractivity contribution < 1.29 is 4.74 Å². The summed E-state index contributed by atoms with van der Waals surface area (Å²) in [6.07, 6.45) is 1.23. The second-order valence-electron chi connectivity index (χ2n) is 3.27. The highest BCUT2D eigenvalue weighted by Crippen LogP contribution is 2.21. The van der Waals surface area contributed by atoms with E-state index in [4.69, 9.17) is 4.74 Å². The van der Waals surface area contributed by atoms with E-state index in [1.54, 1.807) is 7.11 Å². The van der Waals surface area contributed by atoms with Gasteiger partial charge in [-0.1, -0.05) is 6.07 Å². The number of pyridine rings is 1. The van der Waals surface area contributed by atoms with Crippen LogP contribution in [0.4, 0.5) is 5.82 Å². The maximum Gasteiger partial charge on any atom is 0.214 e. The number of anilines is 1. The van der Waals surface area contributed by atoms with Crippen molar-refractivity contribution in [3.05, 3.63) is 18.2 Å². The third-order valence-electron chi connectivity index (χ3n) is 2.21. The lowest BCUT2D eigenvalue weighted by molar-refractivity contribution is 0.398. The number of hydrogen-bond acceptors (Lipinski definition) is 4. The number of thioether (sulfide) groups is 1. The number of rotatable bonds is 3. The summed E-state index contributed by atoms with van der Waals surface area (Å²) in [4.78, 5) is 4.31. The zero-order chi connectivity index (χ0) is 9.80. The summed E-state index contributed by atoms with van der Waals surface area (Å²) in [6, 6.07) is 6.36.